The fourth-order valence-electron chi connectivity index (χ4n) is 1.60. The van der Waals surface area contributed by atoms with Crippen LogP contribution in [0.2, 0.25) is 0 Å². The Hall–Kier alpha value is -2.56. The van der Waals surface area contributed by atoms with E-state index in [1.165, 1.54) is 33.4 Å². The fourth-order valence-corrected chi connectivity index (χ4v) is 2.72. The second-order valence-corrected chi connectivity index (χ2v) is 5.60. The quantitative estimate of drug-likeness (QED) is 0.712. The fraction of sp³-hybridized carbons (Fsp3) is 0.300. The van der Waals surface area contributed by atoms with E-state index in [1.54, 1.807) is 0 Å². The number of tetrazole rings is 1. The summed E-state index contributed by atoms with van der Waals surface area (Å²) in [6.45, 7) is 0. The van der Waals surface area contributed by atoms with E-state index in [9.17, 15) is 8.42 Å². The largest absolute Gasteiger partial charge is 0.495 e. The average molecular weight is 314 g/mol. The smallest absolute Gasteiger partial charge is 0.277 e. The minimum atomic E-state index is -3.98. The number of rotatable bonds is 5. The Bertz CT molecular complexity index is 757. The van der Waals surface area contributed by atoms with Crippen LogP contribution in [0.4, 0.5) is 11.6 Å². The van der Waals surface area contributed by atoms with Crippen LogP contribution in [-0.2, 0) is 17.1 Å². The Kier molecular flexibility index (Phi) is 3.84. The molecule has 1 aromatic carbocycles. The second kappa shape index (κ2) is 5.44. The number of ether oxygens (including phenoxy) is 2. The number of nitrogens with one attached hydrogen (secondary N) is 1. The molecule has 0 bridgehead atoms. The number of methoxy groups -OCH3 is 2. The van der Waals surface area contributed by atoms with Crippen molar-refractivity contribution in [3.63, 3.8) is 0 Å². The van der Waals surface area contributed by atoms with Crippen molar-refractivity contribution >= 4 is 21.7 Å². The number of anilines is 2. The maximum Gasteiger partial charge on any atom is 0.277 e. The lowest BCUT2D eigenvalue weighted by atomic mass is 10.3. The van der Waals surface area contributed by atoms with E-state index < -0.39 is 10.0 Å². The minimum Gasteiger partial charge on any atom is -0.495 e. The molecule has 114 valence electrons. The van der Waals surface area contributed by atoms with Crippen LogP contribution in [0.5, 0.6) is 11.5 Å². The van der Waals surface area contributed by atoms with Gasteiger partial charge in [0.1, 0.15) is 16.4 Å². The number of nitrogens with zero attached hydrogens (tertiary/aromatic N) is 4. The molecule has 1 heterocycles. The van der Waals surface area contributed by atoms with E-state index in [1.807, 2.05) is 0 Å². The highest BCUT2D eigenvalue weighted by Crippen LogP contribution is 2.34. The van der Waals surface area contributed by atoms with Gasteiger partial charge in [0, 0.05) is 6.07 Å². The number of nitrogen functional groups attached to an aromatic ring is 1. The highest BCUT2D eigenvalue weighted by Gasteiger charge is 2.23. The number of benzene rings is 1. The van der Waals surface area contributed by atoms with Gasteiger partial charge in [-0.1, -0.05) is 5.10 Å². The topological polar surface area (TPSA) is 134 Å². The zero-order chi connectivity index (χ0) is 15.6. The zero-order valence-electron chi connectivity index (χ0n) is 11.6. The van der Waals surface area contributed by atoms with E-state index in [-0.39, 0.29) is 22.3 Å². The molecule has 11 heteroatoms. The predicted molar refractivity (Wildman–Crippen MR) is 73.6 cm³/mol. The summed E-state index contributed by atoms with van der Waals surface area (Å²) in [5, 5.41) is 10.8. The maximum absolute atomic E-state index is 12.3. The molecule has 0 saturated carbocycles. The number of nitrogens with two attached hydrogens (primary N) is 1. The van der Waals surface area contributed by atoms with Crippen molar-refractivity contribution in [3.05, 3.63) is 12.1 Å². The molecule has 0 amide bonds. The monoisotopic (exact) mass is 314 g/mol. The predicted octanol–water partition coefficient (Wildman–Crippen LogP) is -0.390. The first kappa shape index (κ1) is 14.8. The number of hydrogen-bond acceptors (Lipinski definition) is 8. The van der Waals surface area contributed by atoms with Crippen LogP contribution in [0, 0.1) is 0 Å². The summed E-state index contributed by atoms with van der Waals surface area (Å²) in [6, 6.07) is 2.62. The van der Waals surface area contributed by atoms with Gasteiger partial charge < -0.3 is 15.2 Å². The molecule has 0 radical (unpaired) electrons. The van der Waals surface area contributed by atoms with Crippen LogP contribution >= 0.6 is 0 Å². The molecular weight excluding hydrogens is 300 g/mol. The van der Waals surface area contributed by atoms with Crippen molar-refractivity contribution in [2.45, 2.75) is 4.90 Å². The van der Waals surface area contributed by atoms with Crippen molar-refractivity contribution in [2.24, 2.45) is 7.05 Å². The van der Waals surface area contributed by atoms with E-state index in [0.717, 1.165) is 4.80 Å². The number of sulfonamides is 1. The highest BCUT2D eigenvalue weighted by molar-refractivity contribution is 7.92. The summed E-state index contributed by atoms with van der Waals surface area (Å²) in [5.74, 6) is 0.231. The molecule has 0 fully saturated rings. The molecule has 0 atom stereocenters. The number of aromatic nitrogens is 4. The summed E-state index contributed by atoms with van der Waals surface area (Å²) < 4.78 is 36.9. The summed E-state index contributed by atoms with van der Waals surface area (Å²) in [7, 11) is 0.287. The summed E-state index contributed by atoms with van der Waals surface area (Å²) in [4.78, 5) is 0.966. The van der Waals surface area contributed by atoms with Crippen LogP contribution < -0.4 is 19.9 Å². The van der Waals surface area contributed by atoms with Gasteiger partial charge in [0.05, 0.1) is 27.0 Å². The van der Waals surface area contributed by atoms with E-state index in [0.29, 0.717) is 5.75 Å². The van der Waals surface area contributed by atoms with Gasteiger partial charge in [-0.25, -0.2) is 13.1 Å². The van der Waals surface area contributed by atoms with E-state index in [4.69, 9.17) is 15.2 Å². The molecule has 3 N–H and O–H groups in total. The molecule has 0 unspecified atom stereocenters. The van der Waals surface area contributed by atoms with Gasteiger partial charge in [-0.05, 0) is 11.3 Å². The van der Waals surface area contributed by atoms with Crippen LogP contribution in [0.1, 0.15) is 0 Å². The molecule has 0 aliphatic rings. The van der Waals surface area contributed by atoms with Gasteiger partial charge in [0.15, 0.2) is 0 Å². The van der Waals surface area contributed by atoms with Gasteiger partial charge in [-0.15, -0.1) is 5.10 Å². The molecule has 10 nitrogen and oxygen atoms in total. The van der Waals surface area contributed by atoms with Crippen molar-refractivity contribution in [2.75, 3.05) is 24.7 Å². The molecule has 0 spiro atoms. The van der Waals surface area contributed by atoms with Crippen LogP contribution in [0.3, 0.4) is 0 Å². The molecule has 1 aromatic heterocycles. The molecule has 2 aromatic rings. The third-order valence-electron chi connectivity index (χ3n) is 2.54. The average Bonchev–Trinajstić information content (AvgIpc) is 2.83. The van der Waals surface area contributed by atoms with Crippen molar-refractivity contribution in [3.8, 4) is 11.5 Å². The third kappa shape index (κ3) is 2.97. The Morgan fingerprint density at radius 2 is 1.90 bits per heavy atom. The Balaban J connectivity index is 2.46. The normalized spacial score (nSPS) is 11.2. The van der Waals surface area contributed by atoms with Gasteiger partial charge in [0.2, 0.25) is 0 Å². The minimum absolute atomic E-state index is 0.0810. The number of hydrogen-bond donors (Lipinski definition) is 2. The van der Waals surface area contributed by atoms with Crippen LogP contribution in [-0.4, -0.2) is 42.8 Å². The van der Waals surface area contributed by atoms with Crippen molar-refractivity contribution in [1.29, 1.82) is 0 Å². The lowest BCUT2D eigenvalue weighted by Crippen LogP contribution is -2.16. The highest BCUT2D eigenvalue weighted by atomic mass is 32.2. The molecule has 0 saturated heterocycles. The maximum atomic E-state index is 12.3. The second-order valence-electron chi connectivity index (χ2n) is 3.95. The standard InChI is InChI=1S/C10H14N6O4S/c1-16-13-10(12-15-16)14-21(17,18)9-4-6(11)7(19-2)5-8(9)20-3/h4-5H,11H2,1-3H3,(H,13,14). The summed E-state index contributed by atoms with van der Waals surface area (Å²) in [5.41, 5.74) is 5.89. The van der Waals surface area contributed by atoms with Crippen LogP contribution in [0.25, 0.3) is 0 Å². The van der Waals surface area contributed by atoms with Crippen molar-refractivity contribution < 1.29 is 17.9 Å². The molecule has 21 heavy (non-hydrogen) atoms. The molecule has 2 rings (SSSR count). The van der Waals surface area contributed by atoms with Crippen molar-refractivity contribution in [1.82, 2.24) is 20.2 Å². The van der Waals surface area contributed by atoms with E-state index >= 15 is 0 Å². The Labute approximate surface area is 120 Å². The third-order valence-corrected chi connectivity index (χ3v) is 3.89. The van der Waals surface area contributed by atoms with Gasteiger partial charge in [0.25, 0.3) is 16.0 Å². The lowest BCUT2D eigenvalue weighted by molar-refractivity contribution is 0.387. The Morgan fingerprint density at radius 3 is 2.43 bits per heavy atom. The lowest BCUT2D eigenvalue weighted by Gasteiger charge is -2.12. The Morgan fingerprint density at radius 1 is 1.24 bits per heavy atom. The molecular formula is C10H14N6O4S. The zero-order valence-corrected chi connectivity index (χ0v) is 12.4. The van der Waals surface area contributed by atoms with Gasteiger partial charge in [-0.3, -0.25) is 0 Å². The number of aryl methyl sites for hydroxylation is 1. The molecule has 0 aliphatic heterocycles. The van der Waals surface area contributed by atoms with E-state index in [2.05, 4.69) is 20.1 Å². The first-order chi connectivity index (χ1) is 9.87. The van der Waals surface area contributed by atoms with Gasteiger partial charge in [-0.2, -0.15) is 4.80 Å². The SMILES string of the molecule is COc1cc(OC)c(S(=O)(=O)Nc2nnn(C)n2)cc1N. The van der Waals surface area contributed by atoms with Crippen LogP contribution in [0.15, 0.2) is 17.0 Å². The molecule has 0 aliphatic carbocycles. The van der Waals surface area contributed by atoms with Gasteiger partial charge >= 0.3 is 0 Å². The first-order valence-electron chi connectivity index (χ1n) is 5.65. The first-order valence-corrected chi connectivity index (χ1v) is 7.14. The summed E-state index contributed by atoms with van der Waals surface area (Å²) >= 11 is 0. The summed E-state index contributed by atoms with van der Waals surface area (Å²) in [6.07, 6.45) is 0.